The first kappa shape index (κ1) is 15.0. The Hall–Kier alpha value is -2.36. The van der Waals surface area contributed by atoms with E-state index in [0.717, 1.165) is 5.56 Å². The van der Waals surface area contributed by atoms with Crippen LogP contribution in [0.5, 0.6) is 5.75 Å². The molecule has 110 valence electrons. The Balaban J connectivity index is 2.34. The highest BCUT2D eigenvalue weighted by Gasteiger charge is 2.19. The van der Waals surface area contributed by atoms with Gasteiger partial charge in [-0.05, 0) is 42.3 Å². The standard InChI is InChI=1S/C17H17FO3/c1-2-21-17(20)11-16(12-6-8-15(19)9-7-12)13-4-3-5-14(18)10-13/h3-10,16,19H,2,11H2,1H3. The number of hydrogen-bond donors (Lipinski definition) is 1. The van der Waals surface area contributed by atoms with Gasteiger partial charge < -0.3 is 9.84 Å². The summed E-state index contributed by atoms with van der Waals surface area (Å²) in [5.74, 6) is -0.840. The Bertz CT molecular complexity index is 608. The number of ether oxygens (including phenoxy) is 1. The van der Waals surface area contributed by atoms with E-state index in [1.54, 1.807) is 43.3 Å². The highest BCUT2D eigenvalue weighted by atomic mass is 19.1. The van der Waals surface area contributed by atoms with E-state index in [1.807, 2.05) is 0 Å². The molecule has 2 rings (SSSR count). The van der Waals surface area contributed by atoms with Crippen molar-refractivity contribution in [2.45, 2.75) is 19.3 Å². The zero-order chi connectivity index (χ0) is 15.2. The molecule has 0 bridgehead atoms. The summed E-state index contributed by atoms with van der Waals surface area (Å²) in [6.45, 7) is 2.06. The van der Waals surface area contributed by atoms with Crippen molar-refractivity contribution in [1.29, 1.82) is 0 Å². The number of phenolic OH excluding ortho intramolecular Hbond substituents is 1. The molecule has 0 aliphatic heterocycles. The zero-order valence-corrected chi connectivity index (χ0v) is 11.8. The predicted octanol–water partition coefficient (Wildman–Crippen LogP) is 3.62. The average molecular weight is 288 g/mol. The quantitative estimate of drug-likeness (QED) is 0.855. The van der Waals surface area contributed by atoms with Crippen LogP contribution in [0.15, 0.2) is 48.5 Å². The van der Waals surface area contributed by atoms with E-state index < -0.39 is 0 Å². The molecular weight excluding hydrogens is 271 g/mol. The third-order valence-corrected chi connectivity index (χ3v) is 3.22. The molecule has 0 fully saturated rings. The summed E-state index contributed by atoms with van der Waals surface area (Å²) in [4.78, 5) is 11.8. The van der Waals surface area contributed by atoms with E-state index >= 15 is 0 Å². The summed E-state index contributed by atoms with van der Waals surface area (Å²) in [6.07, 6.45) is 0.127. The zero-order valence-electron chi connectivity index (χ0n) is 11.8. The number of rotatable bonds is 5. The van der Waals surface area contributed by atoms with Crippen LogP contribution in [-0.4, -0.2) is 17.7 Å². The first-order valence-corrected chi connectivity index (χ1v) is 6.80. The van der Waals surface area contributed by atoms with E-state index in [1.165, 1.54) is 12.1 Å². The molecule has 4 heteroatoms. The molecular formula is C17H17FO3. The molecule has 2 aromatic rings. The Morgan fingerprint density at radius 3 is 2.52 bits per heavy atom. The van der Waals surface area contributed by atoms with Gasteiger partial charge in [0.15, 0.2) is 0 Å². The molecule has 0 aliphatic rings. The summed E-state index contributed by atoms with van der Waals surface area (Å²) in [7, 11) is 0. The number of carbonyl (C=O) groups is 1. The van der Waals surface area contributed by atoms with Crippen LogP contribution in [0.2, 0.25) is 0 Å². The van der Waals surface area contributed by atoms with Crippen LogP contribution >= 0.6 is 0 Å². The van der Waals surface area contributed by atoms with Crippen LogP contribution < -0.4 is 0 Å². The lowest BCUT2D eigenvalue weighted by Crippen LogP contribution is -2.11. The smallest absolute Gasteiger partial charge is 0.306 e. The highest BCUT2D eigenvalue weighted by molar-refractivity contribution is 5.71. The summed E-state index contributed by atoms with van der Waals surface area (Å²) < 4.78 is 18.4. The lowest BCUT2D eigenvalue weighted by molar-refractivity contribution is -0.143. The van der Waals surface area contributed by atoms with Gasteiger partial charge in [-0.15, -0.1) is 0 Å². The van der Waals surface area contributed by atoms with E-state index in [0.29, 0.717) is 12.2 Å². The highest BCUT2D eigenvalue weighted by Crippen LogP contribution is 2.30. The lowest BCUT2D eigenvalue weighted by Gasteiger charge is -2.17. The minimum Gasteiger partial charge on any atom is -0.508 e. The van der Waals surface area contributed by atoms with Crippen LogP contribution in [0.4, 0.5) is 4.39 Å². The average Bonchev–Trinajstić information content (AvgIpc) is 2.46. The molecule has 0 saturated heterocycles. The van der Waals surface area contributed by atoms with Gasteiger partial charge in [0.25, 0.3) is 0 Å². The maximum Gasteiger partial charge on any atom is 0.306 e. The number of benzene rings is 2. The maximum atomic E-state index is 13.4. The van der Waals surface area contributed by atoms with Crippen molar-refractivity contribution in [3.05, 3.63) is 65.5 Å². The Morgan fingerprint density at radius 1 is 1.19 bits per heavy atom. The predicted molar refractivity (Wildman–Crippen MR) is 77.6 cm³/mol. The van der Waals surface area contributed by atoms with Gasteiger partial charge in [-0.25, -0.2) is 4.39 Å². The van der Waals surface area contributed by atoms with E-state index in [-0.39, 0.29) is 29.9 Å². The fourth-order valence-corrected chi connectivity index (χ4v) is 2.24. The Labute approximate surface area is 123 Å². The van der Waals surface area contributed by atoms with E-state index in [4.69, 9.17) is 4.74 Å². The summed E-state index contributed by atoms with van der Waals surface area (Å²) >= 11 is 0. The third kappa shape index (κ3) is 4.05. The second kappa shape index (κ2) is 6.88. The molecule has 1 atom stereocenters. The molecule has 0 heterocycles. The van der Waals surface area contributed by atoms with Gasteiger partial charge in [0.2, 0.25) is 0 Å². The summed E-state index contributed by atoms with van der Waals surface area (Å²) in [6, 6.07) is 12.7. The van der Waals surface area contributed by atoms with E-state index in [9.17, 15) is 14.3 Å². The van der Waals surface area contributed by atoms with Crippen LogP contribution in [0.1, 0.15) is 30.4 Å². The van der Waals surface area contributed by atoms with E-state index in [2.05, 4.69) is 0 Å². The number of aromatic hydroxyl groups is 1. The van der Waals surface area contributed by atoms with Gasteiger partial charge >= 0.3 is 5.97 Å². The second-order valence-corrected chi connectivity index (χ2v) is 4.71. The minimum absolute atomic E-state index is 0.127. The molecule has 1 unspecified atom stereocenters. The Kier molecular flexibility index (Phi) is 4.93. The van der Waals surface area contributed by atoms with Gasteiger partial charge in [0.05, 0.1) is 13.0 Å². The van der Waals surface area contributed by atoms with Crippen LogP contribution in [0.25, 0.3) is 0 Å². The molecule has 3 nitrogen and oxygen atoms in total. The molecule has 0 aromatic heterocycles. The number of phenols is 1. The summed E-state index contributed by atoms with van der Waals surface area (Å²) in [5, 5.41) is 9.37. The molecule has 2 aromatic carbocycles. The molecule has 0 radical (unpaired) electrons. The van der Waals surface area contributed by atoms with Crippen LogP contribution in [-0.2, 0) is 9.53 Å². The SMILES string of the molecule is CCOC(=O)CC(c1ccc(O)cc1)c1cccc(F)c1. The molecule has 0 saturated carbocycles. The van der Waals surface area contributed by atoms with Gasteiger partial charge in [-0.3, -0.25) is 4.79 Å². The fourth-order valence-electron chi connectivity index (χ4n) is 2.24. The maximum absolute atomic E-state index is 13.4. The van der Waals surface area contributed by atoms with Crippen LogP contribution in [0.3, 0.4) is 0 Å². The normalized spacial score (nSPS) is 11.9. The van der Waals surface area contributed by atoms with Crippen molar-refractivity contribution < 1.29 is 19.0 Å². The lowest BCUT2D eigenvalue weighted by atomic mass is 9.88. The number of carbonyl (C=O) groups excluding carboxylic acids is 1. The second-order valence-electron chi connectivity index (χ2n) is 4.71. The van der Waals surface area contributed by atoms with Crippen molar-refractivity contribution in [2.75, 3.05) is 6.61 Å². The molecule has 0 spiro atoms. The van der Waals surface area contributed by atoms with Crippen molar-refractivity contribution in [3.8, 4) is 5.75 Å². The molecule has 0 amide bonds. The number of esters is 1. The summed E-state index contributed by atoms with van der Waals surface area (Å²) in [5.41, 5.74) is 1.53. The first-order valence-electron chi connectivity index (χ1n) is 6.80. The molecule has 21 heavy (non-hydrogen) atoms. The van der Waals surface area contributed by atoms with Gasteiger partial charge in [-0.2, -0.15) is 0 Å². The largest absolute Gasteiger partial charge is 0.508 e. The first-order chi connectivity index (χ1) is 10.1. The topological polar surface area (TPSA) is 46.5 Å². The number of halogens is 1. The third-order valence-electron chi connectivity index (χ3n) is 3.22. The minimum atomic E-state index is -0.347. The van der Waals surface area contributed by atoms with Crippen molar-refractivity contribution in [1.82, 2.24) is 0 Å². The van der Waals surface area contributed by atoms with Crippen LogP contribution in [0, 0.1) is 5.82 Å². The van der Waals surface area contributed by atoms with Gasteiger partial charge in [0, 0.05) is 5.92 Å². The van der Waals surface area contributed by atoms with Crippen molar-refractivity contribution in [2.24, 2.45) is 0 Å². The molecule has 1 N–H and O–H groups in total. The fraction of sp³-hybridized carbons (Fsp3) is 0.235. The molecule has 0 aliphatic carbocycles. The van der Waals surface area contributed by atoms with Gasteiger partial charge in [-0.1, -0.05) is 24.3 Å². The Morgan fingerprint density at radius 2 is 1.90 bits per heavy atom. The monoisotopic (exact) mass is 288 g/mol. The number of hydrogen-bond acceptors (Lipinski definition) is 3. The van der Waals surface area contributed by atoms with Gasteiger partial charge in [0.1, 0.15) is 11.6 Å². The van der Waals surface area contributed by atoms with Crippen molar-refractivity contribution >= 4 is 5.97 Å². The van der Waals surface area contributed by atoms with Crippen molar-refractivity contribution in [3.63, 3.8) is 0 Å².